The number of nitrogens with zero attached hydrogens (tertiary/aromatic N) is 1. The Morgan fingerprint density at radius 1 is 1.45 bits per heavy atom. The lowest BCUT2D eigenvalue weighted by atomic mass is 10.0. The Labute approximate surface area is 121 Å². The van der Waals surface area contributed by atoms with E-state index in [1.807, 2.05) is 6.92 Å². The largest absolute Gasteiger partial charge is 0.466 e. The van der Waals surface area contributed by atoms with Crippen LogP contribution in [0, 0.1) is 5.92 Å². The van der Waals surface area contributed by atoms with Crippen LogP contribution in [-0.4, -0.2) is 30.7 Å². The van der Waals surface area contributed by atoms with Gasteiger partial charge in [0.15, 0.2) is 5.96 Å². The molecule has 1 heterocycles. The molecule has 0 aliphatic rings. The molecule has 5 nitrogen and oxygen atoms in total. The van der Waals surface area contributed by atoms with Crippen LogP contribution >= 0.6 is 0 Å². The van der Waals surface area contributed by atoms with E-state index in [1.54, 1.807) is 25.3 Å². The smallest absolute Gasteiger partial charge is 0.191 e. The van der Waals surface area contributed by atoms with Crippen LogP contribution in [0.1, 0.15) is 39.9 Å². The summed E-state index contributed by atoms with van der Waals surface area (Å²) in [5.74, 6) is 1.90. The molecule has 20 heavy (non-hydrogen) atoms. The zero-order valence-electron chi connectivity index (χ0n) is 12.9. The molecule has 1 aromatic heterocycles. The number of aliphatic hydroxyl groups is 1. The molecule has 0 aromatic carbocycles. The number of furan rings is 1. The monoisotopic (exact) mass is 281 g/mol. The molecule has 114 valence electrons. The van der Waals surface area contributed by atoms with E-state index in [1.165, 1.54) is 0 Å². The van der Waals surface area contributed by atoms with E-state index in [0.717, 1.165) is 25.5 Å². The zero-order valence-corrected chi connectivity index (χ0v) is 12.9. The summed E-state index contributed by atoms with van der Waals surface area (Å²) in [6.45, 7) is 10.00. The van der Waals surface area contributed by atoms with Gasteiger partial charge in [-0.15, -0.1) is 0 Å². The van der Waals surface area contributed by atoms with Gasteiger partial charge in [-0.05, 0) is 38.3 Å². The van der Waals surface area contributed by atoms with Crippen molar-refractivity contribution in [2.45, 2.75) is 39.7 Å². The molecule has 1 rings (SSSR count). The first kappa shape index (κ1) is 16.6. The molecule has 0 amide bonds. The van der Waals surface area contributed by atoms with Gasteiger partial charge in [0.25, 0.3) is 0 Å². The molecule has 3 N–H and O–H groups in total. The van der Waals surface area contributed by atoms with Crippen LogP contribution in [0.3, 0.4) is 0 Å². The maximum absolute atomic E-state index is 10.3. The minimum Gasteiger partial charge on any atom is -0.466 e. The molecule has 0 fully saturated rings. The van der Waals surface area contributed by atoms with Crippen LogP contribution in [0.25, 0.3) is 0 Å². The van der Waals surface area contributed by atoms with Crippen LogP contribution in [0.2, 0.25) is 0 Å². The first-order chi connectivity index (χ1) is 9.45. The van der Waals surface area contributed by atoms with E-state index in [0.29, 0.717) is 11.7 Å². The summed E-state index contributed by atoms with van der Waals surface area (Å²) in [6, 6.07) is 3.52. The zero-order chi connectivity index (χ0) is 15.0. The molecule has 1 aromatic rings. The van der Waals surface area contributed by atoms with E-state index in [2.05, 4.69) is 29.5 Å². The third-order valence-electron chi connectivity index (χ3n) is 2.96. The molecular weight excluding hydrogens is 254 g/mol. The summed E-state index contributed by atoms with van der Waals surface area (Å²) in [6.07, 6.45) is 2.64. The third-order valence-corrected chi connectivity index (χ3v) is 2.96. The topological polar surface area (TPSA) is 69.8 Å². The van der Waals surface area contributed by atoms with E-state index in [4.69, 9.17) is 4.42 Å². The SMILES string of the molecule is CCNC(=NCC(C)(O)c1ccco1)NCCC(C)C. The highest BCUT2D eigenvalue weighted by Gasteiger charge is 2.25. The summed E-state index contributed by atoms with van der Waals surface area (Å²) in [5, 5.41) is 16.8. The van der Waals surface area contributed by atoms with Crippen LogP contribution in [0.5, 0.6) is 0 Å². The average Bonchev–Trinajstić information content (AvgIpc) is 2.90. The van der Waals surface area contributed by atoms with Crippen molar-refractivity contribution in [3.63, 3.8) is 0 Å². The predicted octanol–water partition coefficient (Wildman–Crippen LogP) is 2.09. The summed E-state index contributed by atoms with van der Waals surface area (Å²) >= 11 is 0. The van der Waals surface area contributed by atoms with E-state index in [9.17, 15) is 5.11 Å². The van der Waals surface area contributed by atoms with Crippen molar-refractivity contribution in [2.75, 3.05) is 19.6 Å². The normalized spacial score (nSPS) is 15.2. The summed E-state index contributed by atoms with van der Waals surface area (Å²) < 4.78 is 5.24. The second kappa shape index (κ2) is 7.94. The molecule has 0 aliphatic carbocycles. The van der Waals surface area contributed by atoms with E-state index >= 15 is 0 Å². The standard InChI is InChI=1S/C15H27N3O2/c1-5-16-14(17-9-8-12(2)3)18-11-15(4,19)13-7-6-10-20-13/h6-7,10,12,19H,5,8-9,11H2,1-4H3,(H2,16,17,18). The van der Waals surface area contributed by atoms with Gasteiger partial charge in [0.2, 0.25) is 0 Å². The Balaban J connectivity index is 2.57. The molecule has 0 radical (unpaired) electrons. The van der Waals surface area contributed by atoms with Crippen LogP contribution in [0.15, 0.2) is 27.8 Å². The van der Waals surface area contributed by atoms with Crippen molar-refractivity contribution in [1.29, 1.82) is 0 Å². The highest BCUT2D eigenvalue weighted by atomic mass is 16.4. The van der Waals surface area contributed by atoms with Gasteiger partial charge >= 0.3 is 0 Å². The number of aliphatic imine (C=N–C) groups is 1. The molecule has 0 spiro atoms. The van der Waals surface area contributed by atoms with Gasteiger partial charge in [0, 0.05) is 13.1 Å². The lowest BCUT2D eigenvalue weighted by Crippen LogP contribution is -2.39. The first-order valence-electron chi connectivity index (χ1n) is 7.24. The summed E-state index contributed by atoms with van der Waals surface area (Å²) in [4.78, 5) is 4.42. The van der Waals surface area contributed by atoms with Gasteiger partial charge in [-0.3, -0.25) is 0 Å². The summed E-state index contributed by atoms with van der Waals surface area (Å²) in [7, 11) is 0. The average molecular weight is 281 g/mol. The second-order valence-corrected chi connectivity index (χ2v) is 5.56. The van der Waals surface area contributed by atoms with Crippen LogP contribution < -0.4 is 10.6 Å². The number of nitrogens with one attached hydrogen (secondary N) is 2. The molecule has 0 saturated carbocycles. The van der Waals surface area contributed by atoms with Crippen molar-refractivity contribution in [3.05, 3.63) is 24.2 Å². The fourth-order valence-electron chi connectivity index (χ4n) is 1.72. The van der Waals surface area contributed by atoms with Gasteiger partial charge in [-0.1, -0.05) is 13.8 Å². The lowest BCUT2D eigenvalue weighted by Gasteiger charge is -2.19. The molecule has 5 heteroatoms. The highest BCUT2D eigenvalue weighted by molar-refractivity contribution is 5.79. The van der Waals surface area contributed by atoms with Crippen molar-refractivity contribution < 1.29 is 9.52 Å². The van der Waals surface area contributed by atoms with Crippen LogP contribution in [-0.2, 0) is 5.60 Å². The lowest BCUT2D eigenvalue weighted by molar-refractivity contribution is 0.0437. The fraction of sp³-hybridized carbons (Fsp3) is 0.667. The Bertz CT molecular complexity index is 397. The van der Waals surface area contributed by atoms with Gasteiger partial charge in [0.05, 0.1) is 12.8 Å². The Morgan fingerprint density at radius 2 is 2.20 bits per heavy atom. The maximum Gasteiger partial charge on any atom is 0.191 e. The fourth-order valence-corrected chi connectivity index (χ4v) is 1.72. The Kier molecular flexibility index (Phi) is 6.58. The maximum atomic E-state index is 10.3. The number of hydrogen-bond acceptors (Lipinski definition) is 3. The van der Waals surface area contributed by atoms with Gasteiger partial charge in [0.1, 0.15) is 11.4 Å². The molecule has 0 aliphatic heterocycles. The molecular formula is C15H27N3O2. The first-order valence-corrected chi connectivity index (χ1v) is 7.24. The van der Waals surface area contributed by atoms with Crippen molar-refractivity contribution >= 4 is 5.96 Å². The molecule has 0 saturated heterocycles. The minimum atomic E-state index is -1.09. The van der Waals surface area contributed by atoms with Crippen molar-refractivity contribution in [2.24, 2.45) is 10.9 Å². The quantitative estimate of drug-likeness (QED) is 0.529. The van der Waals surface area contributed by atoms with E-state index < -0.39 is 5.60 Å². The van der Waals surface area contributed by atoms with Gasteiger partial charge in [-0.2, -0.15) is 0 Å². The number of rotatable bonds is 7. The third kappa shape index (κ3) is 5.65. The van der Waals surface area contributed by atoms with Gasteiger partial charge < -0.3 is 20.2 Å². The van der Waals surface area contributed by atoms with E-state index in [-0.39, 0.29) is 6.54 Å². The molecule has 1 atom stereocenters. The predicted molar refractivity (Wildman–Crippen MR) is 81.7 cm³/mol. The second-order valence-electron chi connectivity index (χ2n) is 5.56. The number of guanidine groups is 1. The Morgan fingerprint density at radius 3 is 2.75 bits per heavy atom. The summed E-state index contributed by atoms with van der Waals surface area (Å²) in [5.41, 5.74) is -1.09. The van der Waals surface area contributed by atoms with Crippen LogP contribution in [0.4, 0.5) is 0 Å². The number of hydrogen-bond donors (Lipinski definition) is 3. The van der Waals surface area contributed by atoms with Crippen molar-refractivity contribution in [3.8, 4) is 0 Å². The Hall–Kier alpha value is -1.49. The van der Waals surface area contributed by atoms with Crippen molar-refractivity contribution in [1.82, 2.24) is 10.6 Å². The molecule has 0 bridgehead atoms. The molecule has 1 unspecified atom stereocenters. The minimum absolute atomic E-state index is 0.248. The highest BCUT2D eigenvalue weighted by Crippen LogP contribution is 2.20. The van der Waals surface area contributed by atoms with Gasteiger partial charge in [-0.25, -0.2) is 4.99 Å².